The molecule has 5 rings (SSSR count). The molecule has 0 spiro atoms. The molecule has 5 aromatic rings. The molecule has 2 N–H and O–H groups in total. The molecule has 31 heavy (non-hydrogen) atoms. The normalized spacial score (nSPS) is 11.9. The lowest BCUT2D eigenvalue weighted by Crippen LogP contribution is -2.04. The van der Waals surface area contributed by atoms with Gasteiger partial charge in [0.25, 0.3) is 0 Å². The second-order valence-corrected chi connectivity index (χ2v) is 9.38. The van der Waals surface area contributed by atoms with Crippen LogP contribution < -0.4 is 5.73 Å². The van der Waals surface area contributed by atoms with Crippen LogP contribution in [0.25, 0.3) is 44.5 Å². The number of nitrogens with zero attached hydrogens (tertiary/aromatic N) is 5. The van der Waals surface area contributed by atoms with Crippen molar-refractivity contribution in [3.05, 3.63) is 61.3 Å². The lowest BCUT2D eigenvalue weighted by molar-refractivity contribution is 0.601. The molecule has 0 atom stereocenters. The van der Waals surface area contributed by atoms with Crippen LogP contribution in [0.2, 0.25) is 0 Å². The fourth-order valence-electron chi connectivity index (χ4n) is 3.68. The second kappa shape index (κ2) is 6.85. The summed E-state index contributed by atoms with van der Waals surface area (Å²) < 4.78 is 26.5. The van der Waals surface area contributed by atoms with E-state index in [1.54, 1.807) is 6.07 Å². The molecule has 0 aliphatic heterocycles. The van der Waals surface area contributed by atoms with Gasteiger partial charge in [0.2, 0.25) is 0 Å². The second-order valence-electron chi connectivity index (χ2n) is 7.40. The van der Waals surface area contributed by atoms with E-state index in [-0.39, 0.29) is 10.6 Å². The summed E-state index contributed by atoms with van der Waals surface area (Å²) in [6.45, 7) is 0. The highest BCUT2D eigenvalue weighted by Crippen LogP contribution is 2.33. The molecule has 3 heterocycles. The average Bonchev–Trinajstić information content (AvgIpc) is 3.12. The number of fused-ring (bicyclic) bond motifs is 2. The Bertz CT molecular complexity index is 1590. The van der Waals surface area contributed by atoms with Crippen LogP contribution in [-0.4, -0.2) is 39.2 Å². The minimum absolute atomic E-state index is 0.00544. The van der Waals surface area contributed by atoms with E-state index in [0.717, 1.165) is 28.3 Å². The number of rotatable bonds is 3. The van der Waals surface area contributed by atoms with Gasteiger partial charge in [0.05, 0.1) is 17.2 Å². The smallest absolute Gasteiger partial charge is 0.179 e. The van der Waals surface area contributed by atoms with Gasteiger partial charge in [-0.05, 0) is 35.2 Å². The molecule has 8 nitrogen and oxygen atoms in total. The molecule has 0 bridgehead atoms. The van der Waals surface area contributed by atoms with Crippen LogP contribution in [0.1, 0.15) is 0 Å². The van der Waals surface area contributed by atoms with Crippen molar-refractivity contribution in [1.82, 2.24) is 24.5 Å². The minimum atomic E-state index is -3.54. The number of aromatic nitrogens is 5. The first-order valence-electron chi connectivity index (χ1n) is 9.43. The monoisotopic (exact) mass is 430 g/mol. The van der Waals surface area contributed by atoms with Crippen molar-refractivity contribution >= 4 is 37.5 Å². The Balaban J connectivity index is 1.78. The molecule has 3 aromatic heterocycles. The lowest BCUT2D eigenvalue weighted by Gasteiger charge is -2.11. The van der Waals surface area contributed by atoms with Crippen LogP contribution in [-0.2, 0) is 16.9 Å². The fraction of sp³-hybridized carbons (Fsp3) is 0.0909. The number of sulfone groups is 1. The Morgan fingerprint density at radius 3 is 2.68 bits per heavy atom. The molecule has 0 saturated carbocycles. The molecular formula is C22H18N6O2S. The summed E-state index contributed by atoms with van der Waals surface area (Å²) in [4.78, 5) is 17.3. The third-order valence-electron chi connectivity index (χ3n) is 5.19. The third kappa shape index (κ3) is 3.28. The number of nitrogens with two attached hydrogens (primary N) is 1. The maximum Gasteiger partial charge on any atom is 0.179 e. The topological polar surface area (TPSA) is 117 Å². The van der Waals surface area contributed by atoms with Gasteiger partial charge in [-0.3, -0.25) is 4.98 Å². The van der Waals surface area contributed by atoms with Gasteiger partial charge in [-0.1, -0.05) is 12.1 Å². The van der Waals surface area contributed by atoms with E-state index in [2.05, 4.69) is 27.1 Å². The number of benzene rings is 2. The maximum absolute atomic E-state index is 12.2. The first-order valence-corrected chi connectivity index (χ1v) is 11.3. The summed E-state index contributed by atoms with van der Waals surface area (Å²) in [5.74, 6) is 0. The van der Waals surface area contributed by atoms with Crippen LogP contribution in [0.15, 0.2) is 66.2 Å². The molecule has 0 saturated heterocycles. The van der Waals surface area contributed by atoms with Crippen molar-refractivity contribution in [2.45, 2.75) is 4.90 Å². The molecular weight excluding hydrogens is 412 g/mol. The molecule has 0 radical (unpaired) electrons. The third-order valence-corrected chi connectivity index (χ3v) is 6.29. The highest BCUT2D eigenvalue weighted by atomic mass is 32.2. The van der Waals surface area contributed by atoms with Crippen LogP contribution in [0.5, 0.6) is 0 Å². The largest absolute Gasteiger partial charge is 0.399 e. The van der Waals surface area contributed by atoms with E-state index in [4.69, 9.17) is 10.7 Å². The average molecular weight is 430 g/mol. The molecule has 154 valence electrons. The van der Waals surface area contributed by atoms with Crippen molar-refractivity contribution in [2.24, 2.45) is 7.05 Å². The van der Waals surface area contributed by atoms with Gasteiger partial charge in [0, 0.05) is 42.5 Å². The quantitative estimate of drug-likeness (QED) is 0.437. The summed E-state index contributed by atoms with van der Waals surface area (Å²) in [5.41, 5.74) is 11.3. The van der Waals surface area contributed by atoms with Crippen LogP contribution in [0.3, 0.4) is 0 Å². The summed E-state index contributed by atoms with van der Waals surface area (Å²) in [5, 5.41) is 1.13. The predicted octanol–water partition coefficient (Wildman–Crippen LogP) is 3.23. The van der Waals surface area contributed by atoms with Gasteiger partial charge in [0.1, 0.15) is 22.6 Å². The predicted molar refractivity (Wildman–Crippen MR) is 120 cm³/mol. The maximum atomic E-state index is 12.2. The zero-order valence-electron chi connectivity index (χ0n) is 16.8. The zero-order valence-corrected chi connectivity index (χ0v) is 17.6. The van der Waals surface area contributed by atoms with Gasteiger partial charge >= 0.3 is 0 Å². The number of aryl methyl sites for hydroxylation is 1. The molecule has 0 amide bonds. The Morgan fingerprint density at radius 1 is 1.03 bits per heavy atom. The van der Waals surface area contributed by atoms with Gasteiger partial charge in [-0.25, -0.2) is 23.4 Å². The van der Waals surface area contributed by atoms with E-state index < -0.39 is 9.84 Å². The number of hydrogen-bond acceptors (Lipinski definition) is 7. The van der Waals surface area contributed by atoms with Crippen LogP contribution in [0.4, 0.5) is 5.69 Å². The highest BCUT2D eigenvalue weighted by molar-refractivity contribution is 7.90. The van der Waals surface area contributed by atoms with Gasteiger partial charge < -0.3 is 10.3 Å². The lowest BCUT2D eigenvalue weighted by atomic mass is 10.0. The fourth-order valence-corrected chi connectivity index (χ4v) is 4.44. The van der Waals surface area contributed by atoms with E-state index in [0.29, 0.717) is 22.4 Å². The molecule has 0 fully saturated rings. The standard InChI is InChI=1S/C22H18N6O2S/c1-28-6-5-13-3-4-14(7-19(13)28)16-8-15(23)9-17-21(16)27-18(10-25-17)22-20(31(2,29)30)11-24-12-26-22/h3-12H,23H2,1-2H3. The number of hydrogen-bond donors (Lipinski definition) is 1. The Morgan fingerprint density at radius 2 is 1.87 bits per heavy atom. The summed E-state index contributed by atoms with van der Waals surface area (Å²) in [7, 11) is -1.55. The Labute approximate surface area is 178 Å². The minimum Gasteiger partial charge on any atom is -0.399 e. The van der Waals surface area contributed by atoms with E-state index in [9.17, 15) is 8.42 Å². The Hall–Kier alpha value is -3.85. The van der Waals surface area contributed by atoms with Gasteiger partial charge in [-0.2, -0.15) is 0 Å². The Kier molecular flexibility index (Phi) is 4.23. The molecule has 0 aliphatic carbocycles. The first kappa shape index (κ1) is 19.1. The molecule has 2 aromatic carbocycles. The highest BCUT2D eigenvalue weighted by Gasteiger charge is 2.19. The van der Waals surface area contributed by atoms with E-state index in [1.807, 2.05) is 36.0 Å². The van der Waals surface area contributed by atoms with Gasteiger partial charge in [-0.15, -0.1) is 0 Å². The van der Waals surface area contributed by atoms with Gasteiger partial charge in [0.15, 0.2) is 9.84 Å². The SMILES string of the molecule is Cn1ccc2ccc(-c3cc(N)cc4ncc(-c5ncncc5S(C)(=O)=O)nc34)cc21. The molecule has 0 aliphatic rings. The van der Waals surface area contributed by atoms with E-state index in [1.165, 1.54) is 18.7 Å². The summed E-state index contributed by atoms with van der Waals surface area (Å²) in [6, 6.07) is 11.8. The summed E-state index contributed by atoms with van der Waals surface area (Å²) in [6.07, 6.45) is 7.19. The van der Waals surface area contributed by atoms with Crippen molar-refractivity contribution in [2.75, 3.05) is 12.0 Å². The summed E-state index contributed by atoms with van der Waals surface area (Å²) >= 11 is 0. The van der Waals surface area contributed by atoms with Crippen molar-refractivity contribution < 1.29 is 8.42 Å². The first-order chi connectivity index (χ1) is 14.8. The van der Waals surface area contributed by atoms with Crippen LogP contribution >= 0.6 is 0 Å². The number of anilines is 1. The molecule has 0 unspecified atom stereocenters. The molecule has 9 heteroatoms. The number of nitrogen functional groups attached to an aromatic ring is 1. The van der Waals surface area contributed by atoms with Crippen LogP contribution in [0, 0.1) is 0 Å². The van der Waals surface area contributed by atoms with Crippen molar-refractivity contribution in [3.63, 3.8) is 0 Å². The zero-order chi connectivity index (χ0) is 21.8. The van der Waals surface area contributed by atoms with Crippen molar-refractivity contribution in [3.8, 4) is 22.5 Å². The van der Waals surface area contributed by atoms with E-state index >= 15 is 0 Å². The van der Waals surface area contributed by atoms with Crippen molar-refractivity contribution in [1.29, 1.82) is 0 Å².